The maximum atomic E-state index is 13.2. The standard InChI is InChI=1S/C14H15FN2O4/c15-8-3-4-9-10(7-12(18)17-11(9)6-8)14(21)16-5-1-2-13(19)20/h3-4,6,10H,1-2,5,7H2,(H,16,21)(H,17,18)(H,19,20)/t10-/m0/s1. The predicted molar refractivity (Wildman–Crippen MR) is 72.3 cm³/mol. The highest BCUT2D eigenvalue weighted by Gasteiger charge is 2.30. The Balaban J connectivity index is 2.04. The van der Waals surface area contributed by atoms with E-state index in [4.69, 9.17) is 5.11 Å². The lowest BCUT2D eigenvalue weighted by Crippen LogP contribution is -2.35. The molecule has 0 saturated carbocycles. The zero-order valence-corrected chi connectivity index (χ0v) is 11.2. The first-order valence-corrected chi connectivity index (χ1v) is 6.56. The van der Waals surface area contributed by atoms with Gasteiger partial charge in [-0.25, -0.2) is 4.39 Å². The van der Waals surface area contributed by atoms with Gasteiger partial charge in [0.05, 0.1) is 5.92 Å². The van der Waals surface area contributed by atoms with Crippen LogP contribution in [0.15, 0.2) is 18.2 Å². The maximum absolute atomic E-state index is 13.2. The number of halogens is 1. The van der Waals surface area contributed by atoms with Crippen LogP contribution in [-0.2, 0) is 14.4 Å². The number of carboxylic acid groups (broad SMARTS) is 1. The second kappa shape index (κ2) is 6.34. The largest absolute Gasteiger partial charge is 0.481 e. The summed E-state index contributed by atoms with van der Waals surface area (Å²) in [6, 6.07) is 3.89. The van der Waals surface area contributed by atoms with Gasteiger partial charge in [-0.05, 0) is 24.1 Å². The summed E-state index contributed by atoms with van der Waals surface area (Å²) >= 11 is 0. The number of anilines is 1. The minimum atomic E-state index is -0.929. The highest BCUT2D eigenvalue weighted by molar-refractivity contribution is 6.01. The Morgan fingerprint density at radius 1 is 1.43 bits per heavy atom. The Kier molecular flexibility index (Phi) is 4.52. The molecule has 6 nitrogen and oxygen atoms in total. The molecule has 1 aliphatic heterocycles. The van der Waals surface area contributed by atoms with Crippen molar-refractivity contribution in [3.8, 4) is 0 Å². The number of fused-ring (bicyclic) bond motifs is 1. The summed E-state index contributed by atoms with van der Waals surface area (Å²) in [5.74, 6) is -2.81. The van der Waals surface area contributed by atoms with Crippen LogP contribution in [0.1, 0.15) is 30.7 Å². The summed E-state index contributed by atoms with van der Waals surface area (Å²) in [5, 5.41) is 13.7. The molecular weight excluding hydrogens is 279 g/mol. The number of nitrogens with one attached hydrogen (secondary N) is 2. The third-order valence-electron chi connectivity index (χ3n) is 3.24. The molecule has 1 heterocycles. The van der Waals surface area contributed by atoms with Crippen LogP contribution < -0.4 is 10.6 Å². The van der Waals surface area contributed by atoms with Crippen molar-refractivity contribution in [3.05, 3.63) is 29.6 Å². The van der Waals surface area contributed by atoms with Crippen LogP contribution in [0.25, 0.3) is 0 Å². The smallest absolute Gasteiger partial charge is 0.303 e. The molecule has 0 unspecified atom stereocenters. The van der Waals surface area contributed by atoms with E-state index in [-0.39, 0.29) is 31.2 Å². The molecule has 7 heteroatoms. The van der Waals surface area contributed by atoms with Gasteiger partial charge >= 0.3 is 5.97 Å². The fraction of sp³-hybridized carbons (Fsp3) is 0.357. The molecule has 0 aliphatic carbocycles. The Labute approximate surface area is 120 Å². The Hall–Kier alpha value is -2.44. The van der Waals surface area contributed by atoms with Crippen molar-refractivity contribution in [2.45, 2.75) is 25.2 Å². The first-order valence-electron chi connectivity index (χ1n) is 6.56. The fourth-order valence-electron chi connectivity index (χ4n) is 2.25. The number of hydrogen-bond donors (Lipinski definition) is 3. The van der Waals surface area contributed by atoms with Gasteiger partial charge in [-0.1, -0.05) is 6.07 Å². The molecule has 112 valence electrons. The van der Waals surface area contributed by atoms with Crippen molar-refractivity contribution < 1.29 is 23.9 Å². The molecule has 3 N–H and O–H groups in total. The number of carbonyl (C=O) groups excluding carboxylic acids is 2. The van der Waals surface area contributed by atoms with Crippen LogP contribution in [0.2, 0.25) is 0 Å². The first kappa shape index (κ1) is 15.0. The fourth-order valence-corrected chi connectivity index (χ4v) is 2.25. The second-order valence-electron chi connectivity index (χ2n) is 4.82. The highest BCUT2D eigenvalue weighted by atomic mass is 19.1. The molecule has 1 aromatic rings. The van der Waals surface area contributed by atoms with E-state index in [1.807, 2.05) is 0 Å². The van der Waals surface area contributed by atoms with Crippen molar-refractivity contribution >= 4 is 23.5 Å². The Bertz CT molecular complexity index is 588. The summed E-state index contributed by atoms with van der Waals surface area (Å²) < 4.78 is 13.2. The van der Waals surface area contributed by atoms with Crippen molar-refractivity contribution in [3.63, 3.8) is 0 Å². The molecule has 2 amide bonds. The topological polar surface area (TPSA) is 95.5 Å². The van der Waals surface area contributed by atoms with Gasteiger partial charge in [0.1, 0.15) is 5.82 Å². The molecule has 1 aromatic carbocycles. The molecule has 1 atom stereocenters. The van der Waals surface area contributed by atoms with Crippen LogP contribution in [0, 0.1) is 5.82 Å². The van der Waals surface area contributed by atoms with Gasteiger partial charge in [-0.3, -0.25) is 14.4 Å². The van der Waals surface area contributed by atoms with Gasteiger partial charge in [0, 0.05) is 25.1 Å². The Morgan fingerprint density at radius 2 is 2.19 bits per heavy atom. The summed E-state index contributed by atoms with van der Waals surface area (Å²) in [5.41, 5.74) is 0.865. The van der Waals surface area contributed by atoms with E-state index in [0.717, 1.165) is 0 Å². The van der Waals surface area contributed by atoms with E-state index in [0.29, 0.717) is 17.7 Å². The molecule has 0 spiro atoms. The zero-order valence-electron chi connectivity index (χ0n) is 11.2. The van der Waals surface area contributed by atoms with E-state index < -0.39 is 17.7 Å². The number of benzene rings is 1. The van der Waals surface area contributed by atoms with E-state index in [2.05, 4.69) is 10.6 Å². The number of amides is 2. The second-order valence-corrected chi connectivity index (χ2v) is 4.82. The Morgan fingerprint density at radius 3 is 2.90 bits per heavy atom. The molecule has 0 bridgehead atoms. The quantitative estimate of drug-likeness (QED) is 0.712. The third kappa shape index (κ3) is 3.77. The van der Waals surface area contributed by atoms with Gasteiger partial charge in [0.15, 0.2) is 0 Å². The van der Waals surface area contributed by atoms with E-state index >= 15 is 0 Å². The number of carboxylic acids is 1. The lowest BCUT2D eigenvalue weighted by Gasteiger charge is -2.24. The van der Waals surface area contributed by atoms with Crippen LogP contribution in [-0.4, -0.2) is 29.4 Å². The first-order chi connectivity index (χ1) is 9.97. The lowest BCUT2D eigenvalue weighted by molar-refractivity contribution is -0.137. The highest BCUT2D eigenvalue weighted by Crippen LogP contribution is 2.32. The van der Waals surface area contributed by atoms with Crippen molar-refractivity contribution in [1.29, 1.82) is 0 Å². The van der Waals surface area contributed by atoms with Gasteiger partial charge in [-0.15, -0.1) is 0 Å². The SMILES string of the molecule is O=C(O)CCCNC(=O)[C@H]1CC(=O)Nc2cc(F)ccc21. The summed E-state index contributed by atoms with van der Waals surface area (Å²) in [6.45, 7) is 0.222. The van der Waals surface area contributed by atoms with E-state index in [1.165, 1.54) is 18.2 Å². The van der Waals surface area contributed by atoms with Crippen LogP contribution >= 0.6 is 0 Å². The molecule has 21 heavy (non-hydrogen) atoms. The van der Waals surface area contributed by atoms with Gasteiger partial charge in [0.2, 0.25) is 11.8 Å². The summed E-state index contributed by atoms with van der Waals surface area (Å²) in [4.78, 5) is 34.1. The average molecular weight is 294 g/mol. The molecule has 0 aromatic heterocycles. The molecule has 0 radical (unpaired) electrons. The number of carbonyl (C=O) groups is 3. The average Bonchev–Trinajstić information content (AvgIpc) is 2.41. The van der Waals surface area contributed by atoms with Crippen molar-refractivity contribution in [1.82, 2.24) is 5.32 Å². The van der Waals surface area contributed by atoms with Crippen molar-refractivity contribution in [2.24, 2.45) is 0 Å². The minimum Gasteiger partial charge on any atom is -0.481 e. The molecule has 0 fully saturated rings. The monoisotopic (exact) mass is 294 g/mol. The summed E-state index contributed by atoms with van der Waals surface area (Å²) in [6.07, 6.45) is 0.271. The number of hydrogen-bond acceptors (Lipinski definition) is 3. The number of aliphatic carboxylic acids is 1. The van der Waals surface area contributed by atoms with Gasteiger partial charge in [0.25, 0.3) is 0 Å². The van der Waals surface area contributed by atoms with Crippen LogP contribution in [0.3, 0.4) is 0 Å². The summed E-state index contributed by atoms with van der Waals surface area (Å²) in [7, 11) is 0. The number of rotatable bonds is 5. The minimum absolute atomic E-state index is 0.0105. The predicted octanol–water partition coefficient (Wildman–Crippen LogP) is 1.23. The van der Waals surface area contributed by atoms with Gasteiger partial charge < -0.3 is 15.7 Å². The van der Waals surface area contributed by atoms with Crippen LogP contribution in [0.5, 0.6) is 0 Å². The lowest BCUT2D eigenvalue weighted by atomic mass is 9.89. The molecular formula is C14H15FN2O4. The maximum Gasteiger partial charge on any atom is 0.303 e. The molecule has 1 aliphatic rings. The zero-order chi connectivity index (χ0) is 15.4. The van der Waals surface area contributed by atoms with Crippen LogP contribution in [0.4, 0.5) is 10.1 Å². The van der Waals surface area contributed by atoms with Gasteiger partial charge in [-0.2, -0.15) is 0 Å². The molecule has 2 rings (SSSR count). The van der Waals surface area contributed by atoms with Crippen molar-refractivity contribution in [2.75, 3.05) is 11.9 Å². The normalized spacial score (nSPS) is 16.8. The van der Waals surface area contributed by atoms with E-state index in [1.54, 1.807) is 0 Å². The third-order valence-corrected chi connectivity index (χ3v) is 3.24. The van der Waals surface area contributed by atoms with E-state index in [9.17, 15) is 18.8 Å². The molecule has 0 saturated heterocycles.